The zero-order chi connectivity index (χ0) is 28.6. The molecule has 208 valence electrons. The van der Waals surface area contributed by atoms with Crippen molar-refractivity contribution in [1.82, 2.24) is 29.7 Å². The summed E-state index contributed by atoms with van der Waals surface area (Å²) in [5, 5.41) is 6.17. The molecule has 0 atom stereocenters. The van der Waals surface area contributed by atoms with Gasteiger partial charge in [0.15, 0.2) is 0 Å². The van der Waals surface area contributed by atoms with Crippen molar-refractivity contribution >= 4 is 34.4 Å². The third-order valence-electron chi connectivity index (χ3n) is 7.86. The van der Waals surface area contributed by atoms with Crippen LogP contribution in [-0.2, 0) is 6.54 Å². The van der Waals surface area contributed by atoms with Gasteiger partial charge in [0.2, 0.25) is 0 Å². The molecule has 0 aliphatic heterocycles. The van der Waals surface area contributed by atoms with E-state index in [1.165, 1.54) is 6.20 Å². The number of hydrogen-bond donors (Lipinski definition) is 2. The molecule has 1 aromatic carbocycles. The van der Waals surface area contributed by atoms with E-state index in [9.17, 15) is 14.4 Å². The summed E-state index contributed by atoms with van der Waals surface area (Å²) in [6.07, 6.45) is 6.59. The molecule has 0 bridgehead atoms. The van der Waals surface area contributed by atoms with Crippen LogP contribution < -0.4 is 16.3 Å². The van der Waals surface area contributed by atoms with Crippen LogP contribution in [0.25, 0.3) is 16.7 Å². The molecule has 1 aliphatic rings. The fraction of sp³-hybridized carbons (Fsp3) is 0.367. The first-order valence-electron chi connectivity index (χ1n) is 13.5. The SMILES string of the molecule is CNC(=O)c1cc(C)c(-n2c(=O)n(C[C@H]3CC[C@H](NC(=O)c4cc(Cl)cnc4C)CC3)c3cccc(C)c32)cn1. The number of carbonyl (C=O) groups is 2. The highest BCUT2D eigenvalue weighted by molar-refractivity contribution is 6.30. The van der Waals surface area contributed by atoms with Gasteiger partial charge >= 0.3 is 5.69 Å². The van der Waals surface area contributed by atoms with Crippen molar-refractivity contribution in [2.75, 3.05) is 7.05 Å². The van der Waals surface area contributed by atoms with Crippen molar-refractivity contribution in [2.45, 2.75) is 59.0 Å². The predicted octanol–water partition coefficient (Wildman–Crippen LogP) is 4.51. The molecule has 1 fully saturated rings. The number of amides is 2. The van der Waals surface area contributed by atoms with Crippen LogP contribution in [0, 0.1) is 26.7 Å². The fourth-order valence-electron chi connectivity index (χ4n) is 5.65. The Hall–Kier alpha value is -3.98. The number of benzene rings is 1. The Kier molecular flexibility index (Phi) is 7.76. The standard InChI is InChI=1S/C30H33ClN6O3/c1-17-6-5-7-25-27(17)37(26-15-34-24(12-18(26)2)29(39)32-4)30(40)36(25)16-20-8-10-22(11-9-20)35-28(38)23-13-21(31)14-33-19(23)3/h5-7,12-15,20,22H,8-11,16H2,1-4H3,(H,32,39)(H,35,38)/t20-,22-. The maximum atomic E-state index is 13.9. The maximum absolute atomic E-state index is 13.9. The number of halogens is 1. The van der Waals surface area contributed by atoms with E-state index >= 15 is 0 Å². The molecule has 4 aromatic rings. The van der Waals surface area contributed by atoms with E-state index in [4.69, 9.17) is 11.6 Å². The minimum atomic E-state index is -0.272. The molecular formula is C30H33ClN6O3. The quantitative estimate of drug-likeness (QED) is 0.360. The van der Waals surface area contributed by atoms with Gasteiger partial charge in [0, 0.05) is 25.8 Å². The van der Waals surface area contributed by atoms with Gasteiger partial charge in [0.05, 0.1) is 39.2 Å². The van der Waals surface area contributed by atoms with Crippen molar-refractivity contribution in [1.29, 1.82) is 0 Å². The Morgan fingerprint density at radius 2 is 1.75 bits per heavy atom. The lowest BCUT2D eigenvalue weighted by atomic mass is 9.85. The van der Waals surface area contributed by atoms with Gasteiger partial charge in [-0.25, -0.2) is 9.78 Å². The highest BCUT2D eigenvalue weighted by Crippen LogP contribution is 2.29. The van der Waals surface area contributed by atoms with Crippen LogP contribution in [0.4, 0.5) is 0 Å². The number of nitrogens with zero attached hydrogens (tertiary/aromatic N) is 4. The molecule has 3 heterocycles. The lowest BCUT2D eigenvalue weighted by Gasteiger charge is -2.29. The second kappa shape index (κ2) is 11.3. The van der Waals surface area contributed by atoms with Gasteiger partial charge in [-0.2, -0.15) is 0 Å². The molecule has 1 saturated carbocycles. The topological polar surface area (TPSA) is 111 Å². The predicted molar refractivity (Wildman–Crippen MR) is 155 cm³/mol. The lowest BCUT2D eigenvalue weighted by molar-refractivity contribution is 0.0917. The van der Waals surface area contributed by atoms with Gasteiger partial charge in [0.1, 0.15) is 5.69 Å². The van der Waals surface area contributed by atoms with Gasteiger partial charge in [-0.3, -0.25) is 23.7 Å². The molecule has 3 aromatic heterocycles. The number of hydrogen-bond acceptors (Lipinski definition) is 5. The Balaban J connectivity index is 1.37. The Bertz CT molecular complexity index is 1670. The summed E-state index contributed by atoms with van der Waals surface area (Å²) < 4.78 is 3.58. The summed E-state index contributed by atoms with van der Waals surface area (Å²) in [7, 11) is 1.56. The van der Waals surface area contributed by atoms with Crippen LogP contribution in [0.2, 0.25) is 5.02 Å². The number of imidazole rings is 1. The molecule has 10 heteroatoms. The van der Waals surface area contributed by atoms with Crippen molar-refractivity contribution in [2.24, 2.45) is 5.92 Å². The summed E-state index contributed by atoms with van der Waals surface area (Å²) in [5.41, 5.74) is 5.49. The molecule has 9 nitrogen and oxygen atoms in total. The Morgan fingerprint density at radius 3 is 2.45 bits per heavy atom. The van der Waals surface area contributed by atoms with Crippen LogP contribution in [0.5, 0.6) is 0 Å². The number of carbonyl (C=O) groups excluding carboxylic acids is 2. The number of fused-ring (bicyclic) bond motifs is 1. The van der Waals surface area contributed by atoms with E-state index in [1.807, 2.05) is 36.6 Å². The minimum Gasteiger partial charge on any atom is -0.354 e. The summed E-state index contributed by atoms with van der Waals surface area (Å²) in [6, 6.07) is 9.37. The third kappa shape index (κ3) is 5.25. The first-order valence-corrected chi connectivity index (χ1v) is 13.9. The monoisotopic (exact) mass is 560 g/mol. The fourth-order valence-corrected chi connectivity index (χ4v) is 5.81. The number of pyridine rings is 2. The van der Waals surface area contributed by atoms with Crippen molar-refractivity contribution in [3.63, 3.8) is 0 Å². The van der Waals surface area contributed by atoms with Crippen molar-refractivity contribution in [3.05, 3.63) is 86.3 Å². The van der Waals surface area contributed by atoms with Gasteiger partial charge in [0.25, 0.3) is 11.8 Å². The Morgan fingerprint density at radius 1 is 1.00 bits per heavy atom. The van der Waals surface area contributed by atoms with E-state index in [2.05, 4.69) is 20.6 Å². The second-order valence-corrected chi connectivity index (χ2v) is 11.0. The summed E-state index contributed by atoms with van der Waals surface area (Å²) in [6.45, 7) is 6.27. The van der Waals surface area contributed by atoms with Crippen LogP contribution in [0.15, 0.2) is 47.5 Å². The molecular weight excluding hydrogens is 528 g/mol. The number of rotatable bonds is 6. The number of aryl methyl sites for hydroxylation is 3. The largest absolute Gasteiger partial charge is 0.354 e. The minimum absolute atomic E-state index is 0.0648. The number of nitrogens with one attached hydrogen (secondary N) is 2. The zero-order valence-corrected chi connectivity index (χ0v) is 23.9. The highest BCUT2D eigenvalue weighted by atomic mass is 35.5. The van der Waals surface area contributed by atoms with Crippen LogP contribution in [0.3, 0.4) is 0 Å². The molecule has 2 amide bonds. The van der Waals surface area contributed by atoms with Gasteiger partial charge in [-0.05, 0) is 81.7 Å². The molecule has 1 aliphatic carbocycles. The van der Waals surface area contributed by atoms with Crippen molar-refractivity contribution < 1.29 is 9.59 Å². The summed E-state index contributed by atoms with van der Waals surface area (Å²) >= 11 is 6.05. The average molecular weight is 561 g/mol. The van der Waals surface area contributed by atoms with E-state index in [1.54, 1.807) is 36.9 Å². The second-order valence-electron chi connectivity index (χ2n) is 10.6. The van der Waals surface area contributed by atoms with Crippen LogP contribution in [0.1, 0.15) is 63.4 Å². The van der Waals surface area contributed by atoms with Crippen LogP contribution >= 0.6 is 11.6 Å². The molecule has 5 rings (SSSR count). The molecule has 0 saturated heterocycles. The first-order chi connectivity index (χ1) is 19.2. The molecule has 0 radical (unpaired) electrons. The number of aromatic nitrogens is 4. The molecule has 0 unspecified atom stereocenters. The van der Waals surface area contributed by atoms with E-state index < -0.39 is 0 Å². The molecule has 0 spiro atoms. The number of para-hydroxylation sites is 1. The summed E-state index contributed by atoms with van der Waals surface area (Å²) in [4.78, 5) is 47.3. The van der Waals surface area contributed by atoms with Gasteiger partial charge in [-0.1, -0.05) is 23.7 Å². The molecule has 2 N–H and O–H groups in total. The lowest BCUT2D eigenvalue weighted by Crippen LogP contribution is -2.39. The van der Waals surface area contributed by atoms with E-state index in [-0.39, 0.29) is 23.5 Å². The van der Waals surface area contributed by atoms with Crippen LogP contribution in [-0.4, -0.2) is 44.0 Å². The average Bonchev–Trinajstić information content (AvgIpc) is 3.22. The first kappa shape index (κ1) is 27.6. The van der Waals surface area contributed by atoms with Gasteiger partial charge < -0.3 is 10.6 Å². The van der Waals surface area contributed by atoms with E-state index in [0.717, 1.165) is 47.8 Å². The van der Waals surface area contributed by atoms with Gasteiger partial charge in [-0.15, -0.1) is 0 Å². The normalized spacial score (nSPS) is 17.1. The van der Waals surface area contributed by atoms with Crippen molar-refractivity contribution in [3.8, 4) is 5.69 Å². The summed E-state index contributed by atoms with van der Waals surface area (Å²) in [5.74, 6) is -0.126. The zero-order valence-electron chi connectivity index (χ0n) is 23.1. The maximum Gasteiger partial charge on any atom is 0.333 e. The smallest absolute Gasteiger partial charge is 0.333 e. The Labute approximate surface area is 237 Å². The third-order valence-corrected chi connectivity index (χ3v) is 8.06. The molecule has 40 heavy (non-hydrogen) atoms. The highest BCUT2D eigenvalue weighted by Gasteiger charge is 2.26. The van der Waals surface area contributed by atoms with E-state index in [0.29, 0.717) is 40.1 Å².